The fourth-order valence-corrected chi connectivity index (χ4v) is 12.5. The molecule has 0 unspecified atom stereocenters. The second-order valence-electron chi connectivity index (χ2n) is 24.1. The first-order valence-electron chi connectivity index (χ1n) is 29.0. The Bertz CT molecular complexity index is 4550. The van der Waals surface area contributed by atoms with Crippen molar-refractivity contribution in [2.45, 2.75) is 106 Å². The molecule has 2 aliphatic rings. The van der Waals surface area contributed by atoms with Crippen molar-refractivity contribution >= 4 is 83.8 Å². The van der Waals surface area contributed by atoms with Crippen LogP contribution >= 0.6 is 11.6 Å². The number of nitrogens with one attached hydrogen (secondary N) is 3. The monoisotopic (exact) mass is 1140 g/mol. The minimum Gasteiger partial charge on any atom is -0.457 e. The van der Waals surface area contributed by atoms with Gasteiger partial charge in [0.1, 0.15) is 34.6 Å². The molecule has 2 aliphatic heterocycles. The fourth-order valence-electron chi connectivity index (χ4n) is 12.2. The molecule has 12 aromatic rings. The maximum Gasteiger partial charge on any atom is 0.154 e. The quantitative estimate of drug-likeness (QED) is 0.0772. The van der Waals surface area contributed by atoms with E-state index in [0.717, 1.165) is 91.1 Å². The molecule has 0 radical (unpaired) electrons. The van der Waals surface area contributed by atoms with E-state index < -0.39 is 0 Å². The van der Waals surface area contributed by atoms with Crippen LogP contribution in [0.2, 0.25) is 5.15 Å². The van der Waals surface area contributed by atoms with Crippen LogP contribution in [0.15, 0.2) is 170 Å². The molecule has 8 heterocycles. The van der Waals surface area contributed by atoms with Gasteiger partial charge in [-0.3, -0.25) is 9.13 Å². The van der Waals surface area contributed by atoms with Crippen LogP contribution in [0.5, 0.6) is 23.0 Å². The highest BCUT2D eigenvalue weighted by Crippen LogP contribution is 2.49. The van der Waals surface area contributed by atoms with Gasteiger partial charge < -0.3 is 31.2 Å². The van der Waals surface area contributed by atoms with Crippen molar-refractivity contribution in [1.29, 1.82) is 0 Å². The van der Waals surface area contributed by atoms with Gasteiger partial charge in [0.05, 0.1) is 33.4 Å². The maximum atomic E-state index is 6.53. The lowest BCUT2D eigenvalue weighted by Gasteiger charge is -2.33. The standard InChI is InChI=1S/C36H35N5O.C27H23N3O.C9H13ClN2/c1-21(2)38-31-15-12-23(4)39-34(31)40-24-17-22(3)18-26(19-24)42-25-13-14-27-28-9-7-10-29-33(28)41(32(27)20-25)35-30(36(29,5)6)11-8-16-37-35;1-16-12-17(28)14-19(13-16)31-18-9-10-20-21-6-4-7-22-25(21)30(24(20)15-18)26-23(27(22,2)3)8-5-11-29-26;1-6(2)11-8-5-4-7(3)12-9(8)10/h7-21,38H,1-6H3,(H,39,40);4-15H,28H2,1-3H3;4-6,11H,1-3H3. The van der Waals surface area contributed by atoms with Gasteiger partial charge >= 0.3 is 0 Å². The van der Waals surface area contributed by atoms with E-state index in [4.69, 9.17) is 41.8 Å². The molecular formula is C72H71ClN10O2. The van der Waals surface area contributed by atoms with Gasteiger partial charge in [-0.1, -0.05) is 87.8 Å². The molecule has 0 saturated carbocycles. The van der Waals surface area contributed by atoms with Crippen LogP contribution < -0.4 is 31.2 Å². The van der Waals surface area contributed by atoms with E-state index >= 15 is 0 Å². The van der Waals surface area contributed by atoms with Crippen molar-refractivity contribution in [1.82, 2.24) is 29.1 Å². The first kappa shape index (κ1) is 56.1. The van der Waals surface area contributed by atoms with Crippen molar-refractivity contribution in [2.75, 3.05) is 21.7 Å². The predicted octanol–water partition coefficient (Wildman–Crippen LogP) is 18.6. The van der Waals surface area contributed by atoms with Crippen molar-refractivity contribution in [3.8, 4) is 34.6 Å². The molecule has 14 rings (SSSR count). The Kier molecular flexibility index (Phi) is 14.5. The summed E-state index contributed by atoms with van der Waals surface area (Å²) < 4.78 is 17.3. The number of halogens is 1. The average molecular weight is 1140 g/mol. The average Bonchev–Trinajstić information content (AvgIpc) is 1.63. The second-order valence-corrected chi connectivity index (χ2v) is 24.5. The first-order valence-corrected chi connectivity index (χ1v) is 29.4. The highest BCUT2D eigenvalue weighted by atomic mass is 35.5. The lowest BCUT2D eigenvalue weighted by molar-refractivity contribution is 0.483. The Morgan fingerprint density at radius 3 is 1.48 bits per heavy atom. The molecule has 0 saturated heterocycles. The molecular weight excluding hydrogens is 1070 g/mol. The van der Waals surface area contributed by atoms with Gasteiger partial charge in [-0.2, -0.15) is 0 Å². The van der Waals surface area contributed by atoms with E-state index in [2.05, 4.69) is 189 Å². The third-order valence-electron chi connectivity index (χ3n) is 16.0. The zero-order valence-corrected chi connectivity index (χ0v) is 51.0. The van der Waals surface area contributed by atoms with E-state index in [1.54, 1.807) is 0 Å². The van der Waals surface area contributed by atoms with Gasteiger partial charge in [0.2, 0.25) is 0 Å². The van der Waals surface area contributed by atoms with Crippen LogP contribution in [0.3, 0.4) is 0 Å². The number of nitrogens with zero attached hydrogens (tertiary/aromatic N) is 6. The van der Waals surface area contributed by atoms with Crippen molar-refractivity contribution in [3.63, 3.8) is 0 Å². The van der Waals surface area contributed by atoms with E-state index in [-0.39, 0.29) is 10.8 Å². The predicted molar refractivity (Wildman–Crippen MR) is 352 cm³/mol. The molecule has 6 aromatic carbocycles. The number of para-hydroxylation sites is 2. The first-order chi connectivity index (χ1) is 40.7. The molecule has 6 aromatic heterocycles. The number of fused-ring (bicyclic) bond motifs is 10. The summed E-state index contributed by atoms with van der Waals surface area (Å²) in [5.74, 6) is 5.83. The SMILES string of the molecule is Cc1cc(N)cc(Oc2ccc3c4cccc5c4n(c3c2)-c2ncccc2C5(C)C)c1.Cc1cc(Nc2nc(C)ccc2NC(C)C)cc(Oc2ccc3c4cccc5c4n(c3c2)-c2ncccc2C5(C)C)c1.Cc1ccc(NC(C)C)c(Cl)n1. The van der Waals surface area contributed by atoms with Crippen LogP contribution in [-0.4, -0.2) is 41.2 Å². The number of benzene rings is 6. The molecule has 0 fully saturated rings. The van der Waals surface area contributed by atoms with Gasteiger partial charge in [0.15, 0.2) is 11.0 Å². The molecule has 428 valence electrons. The Morgan fingerprint density at radius 2 is 0.965 bits per heavy atom. The van der Waals surface area contributed by atoms with E-state index in [1.807, 2.05) is 93.8 Å². The van der Waals surface area contributed by atoms with Gasteiger partial charge in [0.25, 0.3) is 0 Å². The molecule has 0 bridgehead atoms. The lowest BCUT2D eigenvalue weighted by atomic mass is 9.76. The highest BCUT2D eigenvalue weighted by molar-refractivity contribution is 6.32. The zero-order valence-electron chi connectivity index (χ0n) is 50.3. The maximum absolute atomic E-state index is 6.53. The van der Waals surface area contributed by atoms with Crippen LogP contribution in [0.1, 0.15) is 100 Å². The Morgan fingerprint density at radius 1 is 0.482 bits per heavy atom. The van der Waals surface area contributed by atoms with Crippen molar-refractivity contribution in [2.24, 2.45) is 0 Å². The smallest absolute Gasteiger partial charge is 0.154 e. The Hall–Kier alpha value is -9.39. The Balaban J connectivity index is 0.000000144. The van der Waals surface area contributed by atoms with Gasteiger partial charge in [-0.25, -0.2) is 19.9 Å². The van der Waals surface area contributed by atoms with Gasteiger partial charge in [-0.05, 0) is 163 Å². The van der Waals surface area contributed by atoms with Crippen LogP contribution in [0, 0.1) is 27.7 Å². The number of hydrogen-bond acceptors (Lipinski definition) is 10. The van der Waals surface area contributed by atoms with Gasteiger partial charge in [-0.15, -0.1) is 0 Å². The largest absolute Gasteiger partial charge is 0.457 e. The lowest BCUT2D eigenvalue weighted by Crippen LogP contribution is -2.26. The summed E-state index contributed by atoms with van der Waals surface area (Å²) in [7, 11) is 0. The number of nitrogens with two attached hydrogens (primary N) is 1. The summed E-state index contributed by atoms with van der Waals surface area (Å²) in [6.07, 6.45) is 3.75. The van der Waals surface area contributed by atoms with E-state index in [9.17, 15) is 0 Å². The van der Waals surface area contributed by atoms with E-state index in [0.29, 0.717) is 22.9 Å². The number of aromatic nitrogens is 6. The number of nitrogen functional groups attached to an aromatic ring is 1. The Labute approximate surface area is 502 Å². The summed E-state index contributed by atoms with van der Waals surface area (Å²) in [6, 6.07) is 54.9. The number of hydrogen-bond donors (Lipinski definition) is 4. The molecule has 85 heavy (non-hydrogen) atoms. The van der Waals surface area contributed by atoms with E-state index in [1.165, 1.54) is 54.8 Å². The number of anilines is 5. The summed E-state index contributed by atoms with van der Waals surface area (Å²) in [5.41, 5.74) is 23.0. The minimum atomic E-state index is -0.144. The van der Waals surface area contributed by atoms with Crippen LogP contribution in [0.25, 0.3) is 55.2 Å². The van der Waals surface area contributed by atoms with Crippen LogP contribution in [0.4, 0.5) is 28.6 Å². The zero-order chi connectivity index (χ0) is 59.6. The summed E-state index contributed by atoms with van der Waals surface area (Å²) >= 11 is 5.90. The molecule has 0 atom stereocenters. The molecule has 0 amide bonds. The van der Waals surface area contributed by atoms with Crippen molar-refractivity contribution in [3.05, 3.63) is 220 Å². The van der Waals surface area contributed by atoms with Crippen LogP contribution in [-0.2, 0) is 10.8 Å². The molecule has 0 aliphatic carbocycles. The number of aryl methyl sites for hydroxylation is 4. The second kappa shape index (κ2) is 22.0. The summed E-state index contributed by atoms with van der Waals surface area (Å²) in [5, 5.41) is 15.6. The minimum absolute atomic E-state index is 0.119. The summed E-state index contributed by atoms with van der Waals surface area (Å²) in [4.78, 5) is 18.6. The molecule has 5 N–H and O–H groups in total. The summed E-state index contributed by atoms with van der Waals surface area (Å²) in [6.45, 7) is 25.5. The normalized spacial score (nSPS) is 13.2. The molecule has 0 spiro atoms. The highest BCUT2D eigenvalue weighted by Gasteiger charge is 2.37. The third-order valence-corrected chi connectivity index (χ3v) is 16.3. The fraction of sp³-hybridized carbons (Fsp3) is 0.222. The van der Waals surface area contributed by atoms with Gasteiger partial charge in [0, 0.05) is 115 Å². The van der Waals surface area contributed by atoms with Crippen molar-refractivity contribution < 1.29 is 9.47 Å². The number of pyridine rings is 4. The number of rotatable bonds is 10. The number of ether oxygens (including phenoxy) is 2. The third kappa shape index (κ3) is 10.6. The molecule has 13 heteroatoms. The molecule has 12 nitrogen and oxygen atoms in total. The topological polar surface area (TPSA) is 142 Å².